The van der Waals surface area contributed by atoms with Crippen LogP contribution in [-0.4, -0.2) is 40.1 Å². The number of aromatic nitrogens is 2. The van der Waals surface area contributed by atoms with Crippen molar-refractivity contribution < 1.29 is 14.1 Å². The Balaban J connectivity index is 1.61. The highest BCUT2D eigenvalue weighted by atomic mass is 16.5. The van der Waals surface area contributed by atoms with E-state index in [1.807, 2.05) is 23.1 Å². The summed E-state index contributed by atoms with van der Waals surface area (Å²) in [6, 6.07) is 5.77. The van der Waals surface area contributed by atoms with Gasteiger partial charge in [-0.15, -0.1) is 0 Å². The van der Waals surface area contributed by atoms with Crippen LogP contribution in [0.1, 0.15) is 40.3 Å². The Morgan fingerprint density at radius 1 is 1.43 bits per heavy atom. The minimum absolute atomic E-state index is 0.0209. The first kappa shape index (κ1) is 15.7. The fourth-order valence-electron chi connectivity index (χ4n) is 2.89. The molecule has 0 N–H and O–H groups in total. The van der Waals surface area contributed by atoms with Gasteiger partial charge in [0.25, 0.3) is 5.91 Å². The smallest absolute Gasteiger partial charge is 0.259 e. The maximum Gasteiger partial charge on any atom is 0.259 e. The van der Waals surface area contributed by atoms with Crippen molar-refractivity contribution in [2.24, 2.45) is 0 Å². The molecule has 23 heavy (non-hydrogen) atoms. The third kappa shape index (κ3) is 3.59. The maximum atomic E-state index is 12.7. The van der Waals surface area contributed by atoms with Gasteiger partial charge in [0.05, 0.1) is 24.1 Å². The predicted molar refractivity (Wildman–Crippen MR) is 83.9 cm³/mol. The van der Waals surface area contributed by atoms with E-state index in [0.29, 0.717) is 30.2 Å². The molecular weight excluding hydrogens is 294 g/mol. The molecule has 3 heterocycles. The van der Waals surface area contributed by atoms with E-state index in [9.17, 15) is 4.79 Å². The molecule has 0 bridgehead atoms. The Hall–Kier alpha value is -2.21. The summed E-state index contributed by atoms with van der Waals surface area (Å²) in [5.41, 5.74) is 2.13. The van der Waals surface area contributed by atoms with E-state index in [1.54, 1.807) is 20.0 Å². The standard InChI is InChI=1S/C17H21N3O3/c1-12-16(13(2)23-19-12)17(21)20-9-5-7-15(10-20)22-11-14-6-3-4-8-18-14/h3-4,6,8,15H,5,7,9-11H2,1-2H3/t15-/m0/s1. The zero-order valence-electron chi connectivity index (χ0n) is 13.5. The number of pyridine rings is 1. The number of nitrogens with zero attached hydrogens (tertiary/aromatic N) is 3. The van der Waals surface area contributed by atoms with E-state index in [-0.39, 0.29) is 12.0 Å². The summed E-state index contributed by atoms with van der Waals surface area (Å²) in [7, 11) is 0. The van der Waals surface area contributed by atoms with Crippen molar-refractivity contribution in [3.8, 4) is 0 Å². The highest BCUT2D eigenvalue weighted by molar-refractivity contribution is 5.96. The molecule has 6 heteroatoms. The second kappa shape index (κ2) is 6.91. The van der Waals surface area contributed by atoms with Gasteiger partial charge in [-0.05, 0) is 38.8 Å². The SMILES string of the molecule is Cc1noc(C)c1C(=O)N1CCC[C@H](OCc2ccccn2)C1. The number of hydrogen-bond acceptors (Lipinski definition) is 5. The lowest BCUT2D eigenvalue weighted by atomic mass is 10.1. The van der Waals surface area contributed by atoms with Gasteiger partial charge in [-0.25, -0.2) is 0 Å². The number of amides is 1. The zero-order valence-corrected chi connectivity index (χ0v) is 13.5. The molecule has 1 aliphatic heterocycles. The van der Waals surface area contributed by atoms with Crippen molar-refractivity contribution in [2.75, 3.05) is 13.1 Å². The Bertz CT molecular complexity index is 649. The Morgan fingerprint density at radius 2 is 2.30 bits per heavy atom. The first-order chi connectivity index (χ1) is 11.1. The number of carbonyl (C=O) groups is 1. The average Bonchev–Trinajstić information content (AvgIpc) is 2.92. The lowest BCUT2D eigenvalue weighted by molar-refractivity contribution is -0.00791. The molecule has 1 fully saturated rings. The number of ether oxygens (including phenoxy) is 1. The number of carbonyl (C=O) groups excluding carboxylic acids is 1. The molecule has 122 valence electrons. The van der Waals surface area contributed by atoms with Crippen molar-refractivity contribution in [1.82, 2.24) is 15.0 Å². The molecule has 1 aliphatic rings. The fourth-order valence-corrected chi connectivity index (χ4v) is 2.89. The van der Waals surface area contributed by atoms with Crippen LogP contribution in [0.15, 0.2) is 28.9 Å². The molecular formula is C17H21N3O3. The second-order valence-electron chi connectivity index (χ2n) is 5.85. The zero-order chi connectivity index (χ0) is 16.2. The number of likely N-dealkylation sites (tertiary alicyclic amines) is 1. The lowest BCUT2D eigenvalue weighted by Gasteiger charge is -2.32. The molecule has 3 rings (SSSR count). The molecule has 2 aromatic rings. The third-order valence-corrected chi connectivity index (χ3v) is 4.11. The molecule has 1 amide bonds. The number of rotatable bonds is 4. The summed E-state index contributed by atoms with van der Waals surface area (Å²) in [4.78, 5) is 18.8. The van der Waals surface area contributed by atoms with Crippen LogP contribution in [0.4, 0.5) is 0 Å². The highest BCUT2D eigenvalue weighted by Crippen LogP contribution is 2.20. The Labute approximate surface area is 135 Å². The van der Waals surface area contributed by atoms with Gasteiger partial charge in [0.2, 0.25) is 0 Å². The molecule has 2 aromatic heterocycles. The van der Waals surface area contributed by atoms with E-state index in [0.717, 1.165) is 25.1 Å². The van der Waals surface area contributed by atoms with Crippen molar-refractivity contribution in [3.63, 3.8) is 0 Å². The topological polar surface area (TPSA) is 68.5 Å². The van der Waals surface area contributed by atoms with Crippen LogP contribution in [0.3, 0.4) is 0 Å². The molecule has 0 saturated carbocycles. The molecule has 6 nitrogen and oxygen atoms in total. The third-order valence-electron chi connectivity index (χ3n) is 4.11. The van der Waals surface area contributed by atoms with Crippen LogP contribution in [-0.2, 0) is 11.3 Å². The number of hydrogen-bond donors (Lipinski definition) is 0. The number of aryl methyl sites for hydroxylation is 2. The molecule has 0 aromatic carbocycles. The summed E-state index contributed by atoms with van der Waals surface area (Å²) in [5.74, 6) is 0.552. The van der Waals surface area contributed by atoms with Crippen LogP contribution < -0.4 is 0 Å². The molecule has 0 spiro atoms. The largest absolute Gasteiger partial charge is 0.370 e. The van der Waals surface area contributed by atoms with Crippen molar-refractivity contribution in [3.05, 3.63) is 47.1 Å². The van der Waals surface area contributed by atoms with E-state index >= 15 is 0 Å². The highest BCUT2D eigenvalue weighted by Gasteiger charge is 2.28. The second-order valence-corrected chi connectivity index (χ2v) is 5.85. The van der Waals surface area contributed by atoms with Gasteiger partial charge >= 0.3 is 0 Å². The normalized spacial score (nSPS) is 18.2. The molecule has 0 unspecified atom stereocenters. The monoisotopic (exact) mass is 315 g/mol. The Kier molecular flexibility index (Phi) is 4.71. The molecule has 1 saturated heterocycles. The summed E-state index contributed by atoms with van der Waals surface area (Å²) >= 11 is 0. The van der Waals surface area contributed by atoms with Crippen LogP contribution in [0.25, 0.3) is 0 Å². The minimum atomic E-state index is -0.0209. The maximum absolute atomic E-state index is 12.7. The first-order valence-corrected chi connectivity index (χ1v) is 7.89. The minimum Gasteiger partial charge on any atom is -0.370 e. The summed E-state index contributed by atoms with van der Waals surface area (Å²) < 4.78 is 11.0. The van der Waals surface area contributed by atoms with Crippen LogP contribution >= 0.6 is 0 Å². The van der Waals surface area contributed by atoms with Crippen LogP contribution in [0.2, 0.25) is 0 Å². The van der Waals surface area contributed by atoms with Crippen molar-refractivity contribution >= 4 is 5.91 Å². The van der Waals surface area contributed by atoms with Gasteiger partial charge in [-0.2, -0.15) is 0 Å². The Morgan fingerprint density at radius 3 is 3.00 bits per heavy atom. The summed E-state index contributed by atoms with van der Waals surface area (Å²) in [6.45, 7) is 5.37. The van der Waals surface area contributed by atoms with Gasteiger partial charge in [0.15, 0.2) is 0 Å². The number of piperidine rings is 1. The van der Waals surface area contributed by atoms with E-state index in [4.69, 9.17) is 9.26 Å². The van der Waals surface area contributed by atoms with E-state index in [2.05, 4.69) is 10.1 Å². The van der Waals surface area contributed by atoms with Gasteiger partial charge in [0.1, 0.15) is 11.3 Å². The fraction of sp³-hybridized carbons (Fsp3) is 0.471. The average molecular weight is 315 g/mol. The van der Waals surface area contributed by atoms with Crippen LogP contribution in [0.5, 0.6) is 0 Å². The summed E-state index contributed by atoms with van der Waals surface area (Å²) in [6.07, 6.45) is 3.68. The lowest BCUT2D eigenvalue weighted by Crippen LogP contribution is -2.43. The van der Waals surface area contributed by atoms with Gasteiger partial charge in [-0.3, -0.25) is 9.78 Å². The van der Waals surface area contributed by atoms with Gasteiger partial charge in [0, 0.05) is 19.3 Å². The van der Waals surface area contributed by atoms with E-state index in [1.165, 1.54) is 0 Å². The molecule has 0 aliphatic carbocycles. The first-order valence-electron chi connectivity index (χ1n) is 7.89. The van der Waals surface area contributed by atoms with Gasteiger partial charge < -0.3 is 14.2 Å². The van der Waals surface area contributed by atoms with Crippen molar-refractivity contribution in [2.45, 2.75) is 39.4 Å². The van der Waals surface area contributed by atoms with E-state index < -0.39 is 0 Å². The predicted octanol–water partition coefficient (Wildman–Crippen LogP) is 2.51. The van der Waals surface area contributed by atoms with Gasteiger partial charge in [-0.1, -0.05) is 11.2 Å². The molecule has 1 atom stereocenters. The van der Waals surface area contributed by atoms with Crippen LogP contribution in [0, 0.1) is 13.8 Å². The quantitative estimate of drug-likeness (QED) is 0.867. The van der Waals surface area contributed by atoms with Crippen molar-refractivity contribution in [1.29, 1.82) is 0 Å². The summed E-state index contributed by atoms with van der Waals surface area (Å²) in [5, 5.41) is 3.87. The molecule has 0 radical (unpaired) electrons.